The largest absolute Gasteiger partial charge is 0.483 e. The summed E-state index contributed by atoms with van der Waals surface area (Å²) >= 11 is 9.23. The Balaban J connectivity index is 1.52. The summed E-state index contributed by atoms with van der Waals surface area (Å²) in [4.78, 5) is 24.1. The number of hydrogen-bond donors (Lipinski definition) is 2. The third kappa shape index (κ3) is 6.94. The number of carbonyl (C=O) groups excluding carboxylic acids is 2. The van der Waals surface area contributed by atoms with Crippen LogP contribution in [0.1, 0.15) is 21.5 Å². The number of ether oxygens (including phenoxy) is 1. The van der Waals surface area contributed by atoms with Crippen molar-refractivity contribution in [2.75, 3.05) is 11.9 Å². The van der Waals surface area contributed by atoms with Crippen LogP contribution in [0.15, 0.2) is 76.3 Å². The predicted octanol–water partition coefficient (Wildman–Crippen LogP) is 5.19. The van der Waals surface area contributed by atoms with Crippen molar-refractivity contribution < 1.29 is 14.3 Å². The van der Waals surface area contributed by atoms with Crippen LogP contribution in [0.25, 0.3) is 0 Å². The molecule has 2 N–H and O–H groups in total. The first-order valence-electron chi connectivity index (χ1n) is 9.28. The Hall–Kier alpha value is -3.16. The molecule has 0 aliphatic heterocycles. The lowest BCUT2D eigenvalue weighted by molar-refractivity contribution is -0.118. The fraction of sp³-hybridized carbons (Fsp3) is 0.0870. The molecular weight excluding hydrogens is 482 g/mol. The van der Waals surface area contributed by atoms with Gasteiger partial charge in [-0.1, -0.05) is 23.7 Å². The standard InChI is InChI=1S/C23H19BrClN3O3/c1-15-3-2-4-19(11-15)27-22(29)14-31-21-10-5-16(12-20(21)24)13-26-28-23(30)17-6-8-18(25)9-7-17/h2-13H,14H2,1H3,(H,27,29)(H,28,30)/b26-13+. The van der Waals surface area contributed by atoms with E-state index in [0.717, 1.165) is 16.8 Å². The summed E-state index contributed by atoms with van der Waals surface area (Å²) in [6.07, 6.45) is 1.51. The van der Waals surface area contributed by atoms with Crippen LogP contribution < -0.4 is 15.5 Å². The molecule has 3 rings (SSSR count). The third-order valence-electron chi connectivity index (χ3n) is 4.10. The summed E-state index contributed by atoms with van der Waals surface area (Å²) in [6, 6.07) is 19.3. The van der Waals surface area contributed by atoms with Gasteiger partial charge in [0.1, 0.15) is 5.75 Å². The molecule has 3 aromatic carbocycles. The molecule has 8 heteroatoms. The first-order chi connectivity index (χ1) is 14.9. The van der Waals surface area contributed by atoms with Gasteiger partial charge >= 0.3 is 0 Å². The zero-order chi connectivity index (χ0) is 22.2. The maximum absolute atomic E-state index is 12.1. The van der Waals surface area contributed by atoms with Crippen LogP contribution in [0.4, 0.5) is 5.69 Å². The van der Waals surface area contributed by atoms with Gasteiger partial charge in [-0.25, -0.2) is 5.43 Å². The molecule has 0 unspecified atom stereocenters. The van der Waals surface area contributed by atoms with E-state index in [9.17, 15) is 9.59 Å². The van der Waals surface area contributed by atoms with E-state index in [1.54, 1.807) is 42.5 Å². The van der Waals surface area contributed by atoms with E-state index in [1.165, 1.54) is 6.21 Å². The molecule has 31 heavy (non-hydrogen) atoms. The number of hydrogen-bond acceptors (Lipinski definition) is 4. The molecule has 0 aliphatic rings. The van der Waals surface area contributed by atoms with Gasteiger partial charge in [0.15, 0.2) is 6.61 Å². The van der Waals surface area contributed by atoms with Gasteiger partial charge in [-0.3, -0.25) is 9.59 Å². The maximum Gasteiger partial charge on any atom is 0.271 e. The number of amides is 2. The normalized spacial score (nSPS) is 10.7. The minimum Gasteiger partial charge on any atom is -0.483 e. The molecule has 6 nitrogen and oxygen atoms in total. The molecule has 3 aromatic rings. The average molecular weight is 501 g/mol. The minimum atomic E-state index is -0.341. The first kappa shape index (κ1) is 22.5. The van der Waals surface area contributed by atoms with Crippen molar-refractivity contribution in [3.63, 3.8) is 0 Å². The van der Waals surface area contributed by atoms with E-state index >= 15 is 0 Å². The van der Waals surface area contributed by atoms with Crippen molar-refractivity contribution in [3.8, 4) is 5.75 Å². The zero-order valence-corrected chi connectivity index (χ0v) is 18.9. The third-order valence-corrected chi connectivity index (χ3v) is 4.97. The molecule has 0 radical (unpaired) electrons. The highest BCUT2D eigenvalue weighted by atomic mass is 79.9. The highest BCUT2D eigenvalue weighted by Gasteiger charge is 2.07. The molecule has 0 bridgehead atoms. The molecular formula is C23H19BrClN3O3. The minimum absolute atomic E-state index is 0.128. The van der Waals surface area contributed by atoms with E-state index in [1.807, 2.05) is 31.2 Å². The molecule has 2 amide bonds. The molecule has 0 spiro atoms. The summed E-state index contributed by atoms with van der Waals surface area (Å²) in [5.41, 5.74) is 5.43. The number of nitrogens with zero attached hydrogens (tertiary/aromatic N) is 1. The summed E-state index contributed by atoms with van der Waals surface area (Å²) in [5, 5.41) is 7.30. The topological polar surface area (TPSA) is 79.8 Å². The molecule has 0 atom stereocenters. The zero-order valence-electron chi connectivity index (χ0n) is 16.6. The quantitative estimate of drug-likeness (QED) is 0.346. The Labute approximate surface area is 193 Å². The van der Waals surface area contributed by atoms with E-state index < -0.39 is 0 Å². The Bertz CT molecular complexity index is 1120. The lowest BCUT2D eigenvalue weighted by atomic mass is 10.2. The van der Waals surface area contributed by atoms with E-state index in [-0.39, 0.29) is 18.4 Å². The number of hydrazone groups is 1. The predicted molar refractivity (Wildman–Crippen MR) is 126 cm³/mol. The van der Waals surface area contributed by atoms with Gasteiger partial charge in [0.2, 0.25) is 0 Å². The smallest absolute Gasteiger partial charge is 0.271 e. The van der Waals surface area contributed by atoms with E-state index in [4.69, 9.17) is 16.3 Å². The second-order valence-electron chi connectivity index (χ2n) is 6.60. The van der Waals surface area contributed by atoms with Crippen LogP contribution in [-0.4, -0.2) is 24.6 Å². The van der Waals surface area contributed by atoms with Gasteiger partial charge in [0.05, 0.1) is 10.7 Å². The summed E-state index contributed by atoms with van der Waals surface area (Å²) in [5.74, 6) is -0.0821. The number of halogens is 2. The Morgan fingerprint density at radius 1 is 1.10 bits per heavy atom. The van der Waals surface area contributed by atoms with Gasteiger partial charge in [-0.15, -0.1) is 0 Å². The molecule has 158 valence electrons. The van der Waals surface area contributed by atoms with Crippen molar-refractivity contribution in [1.82, 2.24) is 5.43 Å². The monoisotopic (exact) mass is 499 g/mol. The van der Waals surface area contributed by atoms with Crippen LogP contribution in [-0.2, 0) is 4.79 Å². The number of benzene rings is 3. The van der Waals surface area contributed by atoms with Gasteiger partial charge in [0.25, 0.3) is 11.8 Å². The van der Waals surface area contributed by atoms with Crippen molar-refractivity contribution in [1.29, 1.82) is 0 Å². The van der Waals surface area contributed by atoms with Crippen molar-refractivity contribution in [3.05, 3.63) is 92.9 Å². The SMILES string of the molecule is Cc1cccc(NC(=O)COc2ccc(/C=N/NC(=O)c3ccc(Cl)cc3)cc2Br)c1. The van der Waals surface area contributed by atoms with Gasteiger partial charge in [0, 0.05) is 16.3 Å². The van der Waals surface area contributed by atoms with Gasteiger partial charge in [-0.2, -0.15) is 5.10 Å². The molecule has 0 aromatic heterocycles. The first-order valence-corrected chi connectivity index (χ1v) is 10.5. The van der Waals surface area contributed by atoms with Gasteiger partial charge < -0.3 is 10.1 Å². The molecule has 0 saturated carbocycles. The fourth-order valence-corrected chi connectivity index (χ4v) is 3.25. The average Bonchev–Trinajstić information content (AvgIpc) is 2.73. The number of aryl methyl sites for hydroxylation is 1. The van der Waals surface area contributed by atoms with Crippen molar-refractivity contribution >= 4 is 51.2 Å². The fourth-order valence-electron chi connectivity index (χ4n) is 2.61. The molecule has 0 aliphatic carbocycles. The molecule has 0 heterocycles. The Morgan fingerprint density at radius 2 is 1.87 bits per heavy atom. The second-order valence-corrected chi connectivity index (χ2v) is 7.89. The molecule has 0 saturated heterocycles. The summed E-state index contributed by atoms with van der Waals surface area (Å²) in [6.45, 7) is 1.83. The van der Waals surface area contributed by atoms with E-state index in [2.05, 4.69) is 31.8 Å². The Kier molecular flexibility index (Phi) is 7.81. The number of anilines is 1. The summed E-state index contributed by atoms with van der Waals surface area (Å²) in [7, 11) is 0. The number of carbonyl (C=O) groups is 2. The van der Waals surface area contributed by atoms with Crippen molar-refractivity contribution in [2.24, 2.45) is 5.10 Å². The Morgan fingerprint density at radius 3 is 2.58 bits per heavy atom. The highest BCUT2D eigenvalue weighted by Crippen LogP contribution is 2.25. The van der Waals surface area contributed by atoms with Crippen LogP contribution in [0.5, 0.6) is 5.75 Å². The number of rotatable bonds is 7. The van der Waals surface area contributed by atoms with Gasteiger partial charge in [-0.05, 0) is 88.6 Å². The summed E-state index contributed by atoms with van der Waals surface area (Å²) < 4.78 is 6.24. The van der Waals surface area contributed by atoms with Crippen LogP contribution in [0.3, 0.4) is 0 Å². The van der Waals surface area contributed by atoms with Crippen molar-refractivity contribution in [2.45, 2.75) is 6.92 Å². The maximum atomic E-state index is 12.1. The van der Waals surface area contributed by atoms with Crippen LogP contribution in [0.2, 0.25) is 5.02 Å². The number of nitrogens with one attached hydrogen (secondary N) is 2. The second kappa shape index (κ2) is 10.7. The molecule has 0 fully saturated rings. The van der Waals surface area contributed by atoms with E-state index in [0.29, 0.717) is 20.8 Å². The lowest BCUT2D eigenvalue weighted by Crippen LogP contribution is -2.20. The van der Waals surface area contributed by atoms with Crippen LogP contribution in [0, 0.1) is 6.92 Å². The lowest BCUT2D eigenvalue weighted by Gasteiger charge is -2.10. The highest BCUT2D eigenvalue weighted by molar-refractivity contribution is 9.10. The van der Waals surface area contributed by atoms with Crippen LogP contribution >= 0.6 is 27.5 Å².